The van der Waals surface area contributed by atoms with Crippen LogP contribution in [0.3, 0.4) is 0 Å². The average molecular weight is 872 g/mol. The zero-order valence-electron chi connectivity index (χ0n) is 39.0. The first kappa shape index (κ1) is 46.4. The van der Waals surface area contributed by atoms with Gasteiger partial charge in [-0.15, -0.1) is 0 Å². The molecular weight excluding hydrogens is 807 g/mol. The molecule has 64 heavy (non-hydrogen) atoms. The lowest BCUT2D eigenvalue weighted by Gasteiger charge is -2.37. The third kappa shape index (κ3) is 10.0. The Morgan fingerprint density at radius 1 is 1.06 bits per heavy atom. The molecule has 0 saturated carbocycles. The van der Waals surface area contributed by atoms with Crippen molar-refractivity contribution in [2.75, 3.05) is 46.9 Å². The van der Waals surface area contributed by atoms with Crippen molar-refractivity contribution in [2.45, 2.75) is 97.9 Å². The summed E-state index contributed by atoms with van der Waals surface area (Å²) in [6, 6.07) is 16.6. The highest BCUT2D eigenvalue weighted by Gasteiger charge is 2.38. The highest BCUT2D eigenvalue weighted by atomic mass is 16.5. The Balaban J connectivity index is 1.26. The Bertz CT molecular complexity index is 2450. The van der Waals surface area contributed by atoms with Crippen LogP contribution in [0.2, 0.25) is 0 Å². The third-order valence-corrected chi connectivity index (χ3v) is 13.2. The molecule has 3 aliphatic rings. The molecular formula is C51H65N7O6. The fourth-order valence-electron chi connectivity index (χ4n) is 9.93. The van der Waals surface area contributed by atoms with Crippen molar-refractivity contribution in [3.8, 4) is 34.2 Å². The van der Waals surface area contributed by atoms with E-state index in [0.717, 1.165) is 56.5 Å². The molecule has 7 rings (SSSR count). The lowest BCUT2D eigenvalue weighted by molar-refractivity contribution is -0.155. The number of nitrogens with zero attached hydrogens (tertiary/aromatic N) is 5. The molecule has 6 bridgehead atoms. The van der Waals surface area contributed by atoms with Crippen LogP contribution < -0.4 is 10.7 Å². The van der Waals surface area contributed by atoms with Crippen LogP contribution in [0.25, 0.3) is 33.3 Å². The number of rotatable bonds is 9. The number of benzene rings is 2. The van der Waals surface area contributed by atoms with Gasteiger partial charge in [0.15, 0.2) is 0 Å². The van der Waals surface area contributed by atoms with Crippen LogP contribution in [0.15, 0.2) is 60.8 Å². The van der Waals surface area contributed by atoms with Gasteiger partial charge in [0.2, 0.25) is 5.91 Å². The van der Waals surface area contributed by atoms with Crippen LogP contribution in [0.5, 0.6) is 0 Å². The van der Waals surface area contributed by atoms with E-state index in [9.17, 15) is 19.2 Å². The summed E-state index contributed by atoms with van der Waals surface area (Å²) in [6.45, 7) is 14.3. The lowest BCUT2D eigenvalue weighted by Crippen LogP contribution is -2.62. The van der Waals surface area contributed by atoms with Gasteiger partial charge in [0, 0.05) is 74.8 Å². The van der Waals surface area contributed by atoms with Crippen LogP contribution in [0.4, 0.5) is 0 Å². The molecule has 2 saturated heterocycles. The molecule has 2 aromatic heterocycles. The molecule has 13 heteroatoms. The molecule has 2 N–H and O–H groups in total. The van der Waals surface area contributed by atoms with Crippen molar-refractivity contribution < 1.29 is 28.7 Å². The summed E-state index contributed by atoms with van der Waals surface area (Å²) in [6.07, 6.45) is 4.32. The van der Waals surface area contributed by atoms with Gasteiger partial charge in [0.05, 0.1) is 30.1 Å². The Hall–Kier alpha value is -5.55. The maximum absolute atomic E-state index is 14.7. The highest BCUT2D eigenvalue weighted by molar-refractivity contribution is 5.96. The van der Waals surface area contributed by atoms with Gasteiger partial charge in [0.25, 0.3) is 11.8 Å². The number of carbonyl (C=O) groups is 4. The summed E-state index contributed by atoms with van der Waals surface area (Å²) in [7, 11) is 5.71. The molecule has 3 amide bonds. The number of likely N-dealkylation sites (tertiary alicyclic amines) is 1. The Morgan fingerprint density at radius 3 is 2.59 bits per heavy atom. The number of methoxy groups -OCH3 is 1. The number of amides is 3. The molecule has 0 aliphatic carbocycles. The predicted octanol–water partition coefficient (Wildman–Crippen LogP) is 6.09. The van der Waals surface area contributed by atoms with E-state index in [1.54, 1.807) is 25.1 Å². The zero-order chi connectivity index (χ0) is 45.9. The fourth-order valence-corrected chi connectivity index (χ4v) is 9.93. The summed E-state index contributed by atoms with van der Waals surface area (Å²) in [4.78, 5) is 64.2. The first-order valence-corrected chi connectivity index (χ1v) is 22.7. The second kappa shape index (κ2) is 19.7. The number of esters is 1. The quantitative estimate of drug-likeness (QED) is 0.151. The van der Waals surface area contributed by atoms with E-state index in [1.807, 2.05) is 46.0 Å². The van der Waals surface area contributed by atoms with Crippen molar-refractivity contribution >= 4 is 34.6 Å². The minimum absolute atomic E-state index is 0.0734. The summed E-state index contributed by atoms with van der Waals surface area (Å²) in [5.41, 5.74) is 10.7. The Kier molecular flexibility index (Phi) is 14.3. The Labute approximate surface area is 378 Å². The summed E-state index contributed by atoms with van der Waals surface area (Å²) in [5.74, 6) is 4.31. The number of cyclic esters (lactones) is 1. The minimum Gasteiger partial charge on any atom is -0.464 e. The van der Waals surface area contributed by atoms with Gasteiger partial charge in [-0.25, -0.2) is 5.43 Å². The third-order valence-electron chi connectivity index (χ3n) is 13.2. The van der Waals surface area contributed by atoms with Crippen LogP contribution in [-0.4, -0.2) is 113 Å². The molecule has 13 nitrogen and oxygen atoms in total. The lowest BCUT2D eigenvalue weighted by atomic mass is 9.84. The number of likely N-dealkylation sites (N-methyl/N-ethyl adjacent to an activating group) is 1. The van der Waals surface area contributed by atoms with Crippen molar-refractivity contribution in [3.63, 3.8) is 0 Å². The number of fused-ring (bicyclic) bond motifs is 6. The van der Waals surface area contributed by atoms with Gasteiger partial charge in [0.1, 0.15) is 12.1 Å². The van der Waals surface area contributed by atoms with E-state index in [1.165, 1.54) is 5.01 Å². The van der Waals surface area contributed by atoms with Gasteiger partial charge in [-0.2, -0.15) is 0 Å². The Morgan fingerprint density at radius 2 is 1.84 bits per heavy atom. The fraction of sp³-hybridized carbons (Fsp3) is 0.510. The van der Waals surface area contributed by atoms with Gasteiger partial charge in [-0.3, -0.25) is 34.1 Å². The van der Waals surface area contributed by atoms with E-state index in [2.05, 4.69) is 89.3 Å². The zero-order valence-corrected chi connectivity index (χ0v) is 39.0. The monoisotopic (exact) mass is 871 g/mol. The van der Waals surface area contributed by atoms with E-state index >= 15 is 0 Å². The van der Waals surface area contributed by atoms with Crippen molar-refractivity contribution in [2.24, 2.45) is 24.3 Å². The SMILES string of the molecule is CC#CC(=O)N1CCC(CN(C)[C@H](C(=O)N[C@H]2Cc3cccc(c3)-c3ccc4c(c3)c(c(-c3cccnc3[C@H](C)OC)n4C)CC(C)(C)COC(=O)[C@@H]3CCCN(N3)C2=O)C(C)C)C1. The number of aromatic nitrogens is 2. The number of aryl methyl sites for hydroxylation is 1. The number of hydrazine groups is 1. The molecule has 2 fully saturated rings. The summed E-state index contributed by atoms with van der Waals surface area (Å²) in [5, 5.41) is 5.77. The van der Waals surface area contributed by atoms with Crippen molar-refractivity contribution in [1.29, 1.82) is 0 Å². The smallest absolute Gasteiger partial charge is 0.324 e. The number of hydrogen-bond acceptors (Lipinski definition) is 9. The van der Waals surface area contributed by atoms with Crippen molar-refractivity contribution in [3.05, 3.63) is 77.6 Å². The average Bonchev–Trinajstić information content (AvgIpc) is 3.85. The van der Waals surface area contributed by atoms with E-state index in [0.29, 0.717) is 45.4 Å². The second-order valence-electron chi connectivity index (χ2n) is 19.1. The number of carbonyl (C=O) groups excluding carboxylic acids is 4. The molecule has 3 aliphatic heterocycles. The van der Waals surface area contributed by atoms with Gasteiger partial charge in [-0.1, -0.05) is 63.9 Å². The largest absolute Gasteiger partial charge is 0.464 e. The number of nitrogens with one attached hydrogen (secondary N) is 2. The highest BCUT2D eigenvalue weighted by Crippen LogP contribution is 2.41. The molecule has 340 valence electrons. The number of hydrogen-bond donors (Lipinski definition) is 2. The van der Waals surface area contributed by atoms with E-state index < -0.39 is 29.5 Å². The maximum atomic E-state index is 14.7. The predicted molar refractivity (Wildman–Crippen MR) is 248 cm³/mol. The number of ether oxygens (including phenoxy) is 2. The van der Waals surface area contributed by atoms with Crippen LogP contribution in [0, 0.1) is 29.1 Å². The molecule has 2 aromatic carbocycles. The molecule has 4 aromatic rings. The van der Waals surface area contributed by atoms with Crippen molar-refractivity contribution in [1.82, 2.24) is 35.1 Å². The first-order valence-electron chi connectivity index (χ1n) is 22.7. The molecule has 0 radical (unpaired) electrons. The maximum Gasteiger partial charge on any atom is 0.324 e. The molecule has 5 heterocycles. The normalized spacial score (nSPS) is 21.3. The summed E-state index contributed by atoms with van der Waals surface area (Å²) >= 11 is 0. The molecule has 1 unspecified atom stereocenters. The van der Waals surface area contributed by atoms with E-state index in [-0.39, 0.29) is 48.7 Å². The minimum atomic E-state index is -0.932. The second-order valence-corrected chi connectivity index (χ2v) is 19.1. The van der Waals surface area contributed by atoms with Crippen LogP contribution >= 0.6 is 0 Å². The van der Waals surface area contributed by atoms with E-state index in [4.69, 9.17) is 14.5 Å². The summed E-state index contributed by atoms with van der Waals surface area (Å²) < 4.78 is 14.1. The molecule has 5 atom stereocenters. The number of pyridine rings is 1. The van der Waals surface area contributed by atoms with Gasteiger partial charge < -0.3 is 24.3 Å². The molecule has 0 spiro atoms. The standard InChI is InChI=1S/C51H65N7O6/c1-10-14-44(59)57-24-21-35(30-57)29-55(7)46(32(2)3)48(60)53-42-26-34-15-11-16-36(25-34)37-19-20-43-39(27-37)40(47(56(43)8)38-17-12-22-52-45(38)33(4)63-9)28-51(5,6)31-64-50(62)41-18-13-23-58(54-41)49(42)61/h11-12,15-17,19-20,22,25,27,32-33,35,41-42,46,54H,13,18,21,23-24,26,28-31H2,1-9H3,(H,53,60)/t33-,35?,41-,42-,46-/m0/s1. The first-order chi connectivity index (χ1) is 30.6. The van der Waals surface area contributed by atoms with Gasteiger partial charge in [-0.05, 0) is 111 Å². The van der Waals surface area contributed by atoms with Gasteiger partial charge >= 0.3 is 5.97 Å². The topological polar surface area (TPSA) is 138 Å². The van der Waals surface area contributed by atoms with Crippen LogP contribution in [0.1, 0.15) is 83.7 Å². The van der Waals surface area contributed by atoms with Crippen LogP contribution in [-0.2, 0) is 48.5 Å².